The van der Waals surface area contributed by atoms with E-state index < -0.39 is 26.1 Å². The summed E-state index contributed by atoms with van der Waals surface area (Å²) in [5.74, 6) is -0.274. The maximum Gasteiger partial charge on any atom is 0.417 e. The van der Waals surface area contributed by atoms with Gasteiger partial charge in [-0.15, -0.1) is 0 Å². The lowest BCUT2D eigenvalue weighted by Gasteiger charge is -2.52. The van der Waals surface area contributed by atoms with Gasteiger partial charge in [0.1, 0.15) is 11.7 Å². The summed E-state index contributed by atoms with van der Waals surface area (Å²) in [5, 5.41) is 0. The molecule has 0 radical (unpaired) electrons. The summed E-state index contributed by atoms with van der Waals surface area (Å²) in [6.07, 6.45) is -0.620. The average molecular weight is 434 g/mol. The smallest absolute Gasteiger partial charge is 0.417 e. The van der Waals surface area contributed by atoms with Crippen molar-refractivity contribution in [3.8, 4) is 0 Å². The Morgan fingerprint density at radius 3 is 1.93 bits per heavy atom. The van der Waals surface area contributed by atoms with Crippen molar-refractivity contribution in [2.24, 2.45) is 0 Å². The first kappa shape index (κ1) is 24.6. The number of carbonyl (C=O) groups excluding carboxylic acids is 2. The van der Waals surface area contributed by atoms with Crippen molar-refractivity contribution in [3.05, 3.63) is 35.9 Å². The second-order valence-corrected chi connectivity index (χ2v) is 15.7. The van der Waals surface area contributed by atoms with Crippen LogP contribution in [-0.2, 0) is 20.4 Å². The van der Waals surface area contributed by atoms with E-state index in [2.05, 4.69) is 41.5 Å². The number of β-lactam (4-membered cyclic amide) rings is 1. The van der Waals surface area contributed by atoms with Gasteiger partial charge in [0, 0.05) is 0 Å². The molecule has 1 aliphatic rings. The molecule has 2 rings (SSSR count). The molecule has 6 heteroatoms. The second kappa shape index (κ2) is 9.23. The van der Waals surface area contributed by atoms with Crippen LogP contribution in [-0.4, -0.2) is 43.0 Å². The lowest BCUT2D eigenvalue weighted by Crippen LogP contribution is -2.71. The number of carbonyl (C=O) groups is 2. The van der Waals surface area contributed by atoms with Crippen molar-refractivity contribution in [2.75, 3.05) is 0 Å². The van der Waals surface area contributed by atoms with Crippen LogP contribution < -0.4 is 0 Å². The molecule has 1 aromatic carbocycles. The molecule has 5 nitrogen and oxygen atoms in total. The maximum atomic E-state index is 13.2. The molecule has 1 heterocycles. The lowest BCUT2D eigenvalue weighted by atomic mass is 9.92. The number of rotatable bonds is 7. The molecule has 0 N–H and O–H groups in total. The van der Waals surface area contributed by atoms with E-state index in [-0.39, 0.29) is 11.9 Å². The Morgan fingerprint density at radius 2 is 1.50 bits per heavy atom. The van der Waals surface area contributed by atoms with Gasteiger partial charge < -0.3 is 9.16 Å². The van der Waals surface area contributed by atoms with E-state index >= 15 is 0 Å². The molecule has 0 bridgehead atoms. The van der Waals surface area contributed by atoms with Crippen LogP contribution in [0.5, 0.6) is 0 Å². The first-order valence-electron chi connectivity index (χ1n) is 11.1. The summed E-state index contributed by atoms with van der Waals surface area (Å²) in [7, 11) is -2.27. The lowest BCUT2D eigenvalue weighted by molar-refractivity contribution is -0.161. The standard InChI is InChI=1S/C24H39NO4Si/c1-16(2)30(17(3)4,18(5)6)29-21-20(15-19-13-11-10-12-14-19)25(22(21)26)23(27)28-24(7,8)9/h10-14,16-18,20-21H,15H2,1-9H3/t20-,21+/m0/s1. The summed E-state index contributed by atoms with van der Waals surface area (Å²) in [4.78, 5) is 27.2. The Labute approximate surface area is 183 Å². The van der Waals surface area contributed by atoms with Crippen molar-refractivity contribution in [1.29, 1.82) is 0 Å². The van der Waals surface area contributed by atoms with Crippen LogP contribution in [0.3, 0.4) is 0 Å². The van der Waals surface area contributed by atoms with E-state index in [0.29, 0.717) is 23.0 Å². The predicted octanol–water partition coefficient (Wildman–Crippen LogP) is 5.94. The highest BCUT2D eigenvalue weighted by Crippen LogP contribution is 2.45. The topological polar surface area (TPSA) is 55.8 Å². The molecule has 1 fully saturated rings. The zero-order chi connectivity index (χ0) is 22.9. The van der Waals surface area contributed by atoms with E-state index in [0.717, 1.165) is 5.56 Å². The third-order valence-electron chi connectivity index (χ3n) is 6.08. The molecule has 1 aromatic rings. The summed E-state index contributed by atoms with van der Waals surface area (Å²) in [6, 6.07) is 9.59. The van der Waals surface area contributed by atoms with Gasteiger partial charge in [0.15, 0.2) is 0 Å². The molecule has 0 spiro atoms. The normalized spacial score (nSPS) is 20.1. The Kier molecular flexibility index (Phi) is 7.57. The van der Waals surface area contributed by atoms with Crippen LogP contribution in [0.15, 0.2) is 30.3 Å². The molecular weight excluding hydrogens is 394 g/mol. The number of ether oxygens (including phenoxy) is 1. The van der Waals surface area contributed by atoms with Crippen LogP contribution in [0, 0.1) is 0 Å². The van der Waals surface area contributed by atoms with Gasteiger partial charge in [-0.1, -0.05) is 71.9 Å². The average Bonchev–Trinajstić information content (AvgIpc) is 2.60. The minimum absolute atomic E-state index is 0.274. The molecule has 0 aromatic heterocycles. The van der Waals surface area contributed by atoms with Gasteiger partial charge in [-0.25, -0.2) is 9.69 Å². The summed E-state index contributed by atoms with van der Waals surface area (Å²) in [5.41, 5.74) is 1.49. The zero-order valence-electron chi connectivity index (χ0n) is 20.1. The monoisotopic (exact) mass is 433 g/mol. The Balaban J connectivity index is 2.37. The number of likely N-dealkylation sites (tertiary alicyclic amines) is 1. The van der Waals surface area contributed by atoms with Crippen LogP contribution in [0.25, 0.3) is 0 Å². The van der Waals surface area contributed by atoms with E-state index in [1.807, 2.05) is 51.1 Å². The van der Waals surface area contributed by atoms with Gasteiger partial charge in [-0.2, -0.15) is 0 Å². The third-order valence-corrected chi connectivity index (χ3v) is 12.2. The first-order chi connectivity index (χ1) is 13.8. The van der Waals surface area contributed by atoms with Crippen LogP contribution in [0.2, 0.25) is 16.6 Å². The molecule has 30 heavy (non-hydrogen) atoms. The minimum atomic E-state index is -2.27. The summed E-state index contributed by atoms with van der Waals surface area (Å²) >= 11 is 0. The predicted molar refractivity (Wildman–Crippen MR) is 123 cm³/mol. The van der Waals surface area contributed by atoms with E-state index in [1.165, 1.54) is 4.90 Å². The van der Waals surface area contributed by atoms with Crippen molar-refractivity contribution in [1.82, 2.24) is 4.90 Å². The largest absolute Gasteiger partial charge is 0.443 e. The maximum absolute atomic E-state index is 13.2. The summed E-state index contributed by atoms with van der Waals surface area (Å²) in [6.45, 7) is 18.6. The number of amides is 2. The fourth-order valence-electron chi connectivity index (χ4n) is 4.87. The van der Waals surface area contributed by atoms with Gasteiger partial charge in [0.05, 0.1) is 6.04 Å². The van der Waals surface area contributed by atoms with Gasteiger partial charge in [-0.05, 0) is 49.4 Å². The Hall–Kier alpha value is -1.66. The fourth-order valence-corrected chi connectivity index (χ4v) is 10.4. The number of benzene rings is 1. The Bertz CT molecular complexity index is 718. The number of imide groups is 1. The Morgan fingerprint density at radius 1 is 1.00 bits per heavy atom. The van der Waals surface area contributed by atoms with Crippen LogP contribution in [0.4, 0.5) is 4.79 Å². The SMILES string of the molecule is CC(C)[Si](O[C@H]1C(=O)N(C(=O)OC(C)(C)C)[C@H]1Cc1ccccc1)(C(C)C)C(C)C. The molecule has 2 atom stereocenters. The van der Waals surface area contributed by atoms with E-state index in [9.17, 15) is 9.59 Å². The van der Waals surface area contributed by atoms with Gasteiger partial charge in [0.2, 0.25) is 8.32 Å². The van der Waals surface area contributed by atoms with Gasteiger partial charge in [-0.3, -0.25) is 4.79 Å². The molecule has 0 aliphatic carbocycles. The quantitative estimate of drug-likeness (QED) is 0.395. The second-order valence-electron chi connectivity index (χ2n) is 10.3. The fraction of sp³-hybridized carbons (Fsp3) is 0.667. The van der Waals surface area contributed by atoms with Crippen molar-refractivity contribution in [3.63, 3.8) is 0 Å². The van der Waals surface area contributed by atoms with Crippen LogP contribution >= 0.6 is 0 Å². The highest BCUT2D eigenvalue weighted by molar-refractivity contribution is 6.77. The minimum Gasteiger partial charge on any atom is -0.443 e. The number of nitrogens with zero attached hydrogens (tertiary/aromatic N) is 1. The highest BCUT2D eigenvalue weighted by Gasteiger charge is 2.58. The van der Waals surface area contributed by atoms with Crippen molar-refractivity contribution < 1.29 is 18.8 Å². The zero-order valence-corrected chi connectivity index (χ0v) is 21.1. The van der Waals surface area contributed by atoms with Crippen molar-refractivity contribution >= 4 is 20.3 Å². The molecular formula is C24H39NO4Si. The molecule has 1 aliphatic heterocycles. The first-order valence-corrected chi connectivity index (χ1v) is 13.2. The van der Waals surface area contributed by atoms with Gasteiger partial charge in [0.25, 0.3) is 5.91 Å². The highest BCUT2D eigenvalue weighted by atomic mass is 28.4. The van der Waals surface area contributed by atoms with Gasteiger partial charge >= 0.3 is 6.09 Å². The molecule has 0 saturated carbocycles. The molecule has 1 saturated heterocycles. The summed E-state index contributed by atoms with van der Waals surface area (Å²) < 4.78 is 12.3. The van der Waals surface area contributed by atoms with E-state index in [4.69, 9.17) is 9.16 Å². The molecule has 0 unspecified atom stereocenters. The number of hydrogen-bond acceptors (Lipinski definition) is 4. The van der Waals surface area contributed by atoms with E-state index in [1.54, 1.807) is 0 Å². The number of hydrogen-bond donors (Lipinski definition) is 0. The molecule has 2 amide bonds. The molecule has 168 valence electrons. The third kappa shape index (κ3) is 4.97. The van der Waals surface area contributed by atoms with Crippen LogP contribution in [0.1, 0.15) is 67.9 Å². The van der Waals surface area contributed by atoms with Crippen molar-refractivity contribution in [2.45, 2.75) is 103 Å².